The predicted molar refractivity (Wildman–Crippen MR) is 50.4 cm³/mol. The van der Waals surface area contributed by atoms with Gasteiger partial charge in [-0.15, -0.1) is 0 Å². The zero-order valence-electron chi connectivity index (χ0n) is 5.77. The Morgan fingerprint density at radius 2 is 2.27 bits per heavy atom. The second-order valence-corrected chi connectivity index (χ2v) is 3.42. The number of aromatic nitrogens is 2. The number of hydrogen-bond donors (Lipinski definition) is 1. The van der Waals surface area contributed by atoms with Gasteiger partial charge in [0.25, 0.3) is 0 Å². The Morgan fingerprint density at radius 1 is 1.64 bits per heavy atom. The molecule has 62 valence electrons. The summed E-state index contributed by atoms with van der Waals surface area (Å²) in [5, 5.41) is 18.4. The van der Waals surface area contributed by atoms with E-state index in [1.165, 1.54) is 0 Å². The molecule has 0 unspecified atom stereocenters. The standard InChI is InChI=1S/C5H6Br2N3O/c1-2-10(11)3-4(6)8-9-5(3)7/h2H2,1H3,(H,8,9)/q-1. The number of H-pyrrole nitrogens is 1. The molecule has 1 aromatic rings. The van der Waals surface area contributed by atoms with E-state index in [2.05, 4.69) is 42.1 Å². The molecule has 1 N–H and O–H groups in total. The molecule has 0 aliphatic heterocycles. The molecule has 0 saturated carbocycles. The van der Waals surface area contributed by atoms with Crippen LogP contribution >= 0.6 is 31.9 Å². The van der Waals surface area contributed by atoms with Crippen LogP contribution in [0.1, 0.15) is 6.92 Å². The number of hydrogen-bond acceptors (Lipinski definition) is 3. The van der Waals surface area contributed by atoms with E-state index >= 15 is 0 Å². The summed E-state index contributed by atoms with van der Waals surface area (Å²) in [6.45, 7) is 2.18. The molecule has 1 rings (SSSR count). The zero-order valence-corrected chi connectivity index (χ0v) is 8.94. The molecule has 0 radical (unpaired) electrons. The normalized spacial score (nSPS) is 10.2. The number of rotatable bonds is 2. The van der Waals surface area contributed by atoms with Gasteiger partial charge in [-0.3, -0.25) is 5.10 Å². The van der Waals surface area contributed by atoms with Gasteiger partial charge in [-0.2, -0.15) is 5.10 Å². The van der Waals surface area contributed by atoms with Crippen molar-refractivity contribution in [2.75, 3.05) is 11.6 Å². The van der Waals surface area contributed by atoms with Gasteiger partial charge in [-0.1, -0.05) is 0 Å². The quantitative estimate of drug-likeness (QED) is 0.847. The third-order valence-corrected chi connectivity index (χ3v) is 2.30. The van der Waals surface area contributed by atoms with Crippen molar-refractivity contribution < 1.29 is 0 Å². The highest BCUT2D eigenvalue weighted by Crippen LogP contribution is 2.30. The van der Waals surface area contributed by atoms with Gasteiger partial charge in [0, 0.05) is 6.54 Å². The lowest BCUT2D eigenvalue weighted by molar-refractivity contribution is 1.02. The lowest BCUT2D eigenvalue weighted by Gasteiger charge is -2.27. The molecule has 1 aromatic heterocycles. The fourth-order valence-electron chi connectivity index (χ4n) is 0.665. The van der Waals surface area contributed by atoms with Crippen LogP contribution < -0.4 is 5.06 Å². The van der Waals surface area contributed by atoms with Gasteiger partial charge in [0.1, 0.15) is 4.60 Å². The average Bonchev–Trinajstić information content (AvgIpc) is 2.30. The van der Waals surface area contributed by atoms with Crippen molar-refractivity contribution in [2.45, 2.75) is 6.92 Å². The van der Waals surface area contributed by atoms with Crippen LogP contribution in [-0.4, -0.2) is 16.7 Å². The molecule has 0 amide bonds. The van der Waals surface area contributed by atoms with E-state index in [1.54, 1.807) is 6.92 Å². The number of aromatic amines is 1. The van der Waals surface area contributed by atoms with Gasteiger partial charge in [-0.05, 0) is 38.8 Å². The van der Waals surface area contributed by atoms with Crippen LogP contribution in [0.5, 0.6) is 0 Å². The molecule has 1 heterocycles. The molecule has 0 bridgehead atoms. The molecule has 0 saturated heterocycles. The van der Waals surface area contributed by atoms with Crippen molar-refractivity contribution >= 4 is 37.5 Å². The maximum absolute atomic E-state index is 11.1. The van der Waals surface area contributed by atoms with Crippen LogP contribution in [0.2, 0.25) is 0 Å². The molecular weight excluding hydrogens is 278 g/mol. The van der Waals surface area contributed by atoms with Crippen molar-refractivity contribution in [2.24, 2.45) is 0 Å². The van der Waals surface area contributed by atoms with Gasteiger partial charge in [-0.25, -0.2) is 0 Å². The van der Waals surface area contributed by atoms with Crippen molar-refractivity contribution in [3.8, 4) is 0 Å². The highest BCUT2D eigenvalue weighted by molar-refractivity contribution is 9.11. The maximum atomic E-state index is 11.1. The maximum Gasteiger partial charge on any atom is 0.151 e. The summed E-state index contributed by atoms with van der Waals surface area (Å²) in [4.78, 5) is 0. The number of nitrogens with one attached hydrogen (secondary N) is 1. The summed E-state index contributed by atoms with van der Waals surface area (Å²) in [7, 11) is 0. The van der Waals surface area contributed by atoms with E-state index in [-0.39, 0.29) is 0 Å². The third kappa shape index (κ3) is 1.74. The first-order chi connectivity index (χ1) is 5.16. The van der Waals surface area contributed by atoms with Crippen LogP contribution in [0.4, 0.5) is 5.69 Å². The third-order valence-electron chi connectivity index (χ3n) is 1.19. The van der Waals surface area contributed by atoms with Crippen molar-refractivity contribution in [3.05, 3.63) is 14.4 Å². The first-order valence-electron chi connectivity index (χ1n) is 3.00. The first-order valence-corrected chi connectivity index (χ1v) is 4.59. The van der Waals surface area contributed by atoms with E-state index in [9.17, 15) is 5.21 Å². The van der Waals surface area contributed by atoms with Gasteiger partial charge < -0.3 is 10.3 Å². The minimum Gasteiger partial charge on any atom is -0.758 e. The average molecular weight is 284 g/mol. The lowest BCUT2D eigenvalue weighted by Crippen LogP contribution is -2.13. The molecule has 0 fully saturated rings. The SMILES string of the molecule is CCN([O-])c1c(Br)n[nH]c1Br. The van der Waals surface area contributed by atoms with E-state index < -0.39 is 0 Å². The van der Waals surface area contributed by atoms with Crippen LogP contribution in [0.15, 0.2) is 9.21 Å². The smallest absolute Gasteiger partial charge is 0.151 e. The first kappa shape index (κ1) is 9.02. The van der Waals surface area contributed by atoms with Crippen LogP contribution in [0, 0.1) is 5.21 Å². The Kier molecular flexibility index (Phi) is 2.91. The monoisotopic (exact) mass is 282 g/mol. The molecule has 6 heteroatoms. The molecule has 0 aromatic carbocycles. The van der Waals surface area contributed by atoms with E-state index in [0.717, 1.165) is 5.06 Å². The summed E-state index contributed by atoms with van der Waals surface area (Å²) in [5.41, 5.74) is 0.507. The van der Waals surface area contributed by atoms with Crippen LogP contribution in [0.25, 0.3) is 0 Å². The molecular formula is C5H6Br2N3O-. The van der Waals surface area contributed by atoms with Crippen molar-refractivity contribution in [3.63, 3.8) is 0 Å². The van der Waals surface area contributed by atoms with Gasteiger partial charge >= 0.3 is 0 Å². The molecule has 11 heavy (non-hydrogen) atoms. The molecule has 0 atom stereocenters. The summed E-state index contributed by atoms with van der Waals surface area (Å²) in [6, 6.07) is 0. The summed E-state index contributed by atoms with van der Waals surface area (Å²) in [6.07, 6.45) is 0. The number of hydroxylamine groups is 1. The highest BCUT2D eigenvalue weighted by atomic mass is 79.9. The Balaban J connectivity index is 3.00. The fourth-order valence-corrected chi connectivity index (χ4v) is 1.89. The minimum atomic E-state index is 0.400. The van der Waals surface area contributed by atoms with E-state index in [4.69, 9.17) is 0 Å². The Morgan fingerprint density at radius 3 is 2.64 bits per heavy atom. The topological polar surface area (TPSA) is 55.0 Å². The second kappa shape index (κ2) is 3.55. The Labute approximate surface area is 80.8 Å². The number of nitrogens with zero attached hydrogens (tertiary/aromatic N) is 2. The fraction of sp³-hybridized carbons (Fsp3) is 0.400. The molecule has 0 spiro atoms. The molecule has 4 nitrogen and oxygen atoms in total. The number of halogens is 2. The second-order valence-electron chi connectivity index (χ2n) is 1.87. The molecule has 0 aliphatic rings. The molecule has 0 aliphatic carbocycles. The van der Waals surface area contributed by atoms with E-state index in [0.29, 0.717) is 21.4 Å². The van der Waals surface area contributed by atoms with Gasteiger partial charge in [0.2, 0.25) is 0 Å². The van der Waals surface area contributed by atoms with Crippen molar-refractivity contribution in [1.82, 2.24) is 10.2 Å². The minimum absolute atomic E-state index is 0.400. The highest BCUT2D eigenvalue weighted by Gasteiger charge is 2.08. The van der Waals surface area contributed by atoms with Crippen molar-refractivity contribution in [1.29, 1.82) is 0 Å². The van der Waals surface area contributed by atoms with Crippen LogP contribution in [-0.2, 0) is 0 Å². The Hall–Kier alpha value is -0.0700. The Bertz CT molecular complexity index is 230. The van der Waals surface area contributed by atoms with E-state index in [1.807, 2.05) is 0 Å². The van der Waals surface area contributed by atoms with Gasteiger partial charge in [0.15, 0.2) is 4.60 Å². The van der Waals surface area contributed by atoms with Gasteiger partial charge in [0.05, 0.1) is 5.69 Å². The summed E-state index contributed by atoms with van der Waals surface area (Å²) >= 11 is 6.31. The number of anilines is 1. The summed E-state index contributed by atoms with van der Waals surface area (Å²) in [5.74, 6) is 0. The zero-order chi connectivity index (χ0) is 8.43. The summed E-state index contributed by atoms with van der Waals surface area (Å²) < 4.78 is 1.13. The predicted octanol–water partition coefficient (Wildman–Crippen LogP) is 2.26. The lowest BCUT2D eigenvalue weighted by atomic mass is 10.5. The van der Waals surface area contributed by atoms with Crippen LogP contribution in [0.3, 0.4) is 0 Å². The largest absolute Gasteiger partial charge is 0.758 e.